The summed E-state index contributed by atoms with van der Waals surface area (Å²) < 4.78 is 0. The van der Waals surface area contributed by atoms with Crippen LogP contribution in [0.1, 0.15) is 11.1 Å². The molecule has 41 heavy (non-hydrogen) atoms. The zero-order valence-electron chi connectivity index (χ0n) is 22.7. The molecule has 0 saturated carbocycles. The van der Waals surface area contributed by atoms with E-state index in [9.17, 15) is 0 Å². The van der Waals surface area contributed by atoms with Crippen LogP contribution in [0.3, 0.4) is 0 Å². The van der Waals surface area contributed by atoms with Crippen LogP contribution in [0.25, 0.3) is 65.3 Å². The zero-order chi connectivity index (χ0) is 27.2. The quantitative estimate of drug-likeness (QED) is 0.202. The summed E-state index contributed by atoms with van der Waals surface area (Å²) in [5.74, 6) is 0. The van der Waals surface area contributed by atoms with Crippen molar-refractivity contribution in [2.75, 3.05) is 0 Å². The third kappa shape index (κ3) is 4.00. The van der Waals surface area contributed by atoms with E-state index in [0.29, 0.717) is 0 Å². The predicted octanol–water partition coefficient (Wildman–Crippen LogP) is 11.2. The fourth-order valence-corrected chi connectivity index (χ4v) is 6.63. The third-order valence-corrected chi connectivity index (χ3v) is 8.53. The van der Waals surface area contributed by atoms with Gasteiger partial charge in [-0.05, 0) is 95.0 Å². The smallest absolute Gasteiger partial charge is 0.00135 e. The Morgan fingerprint density at radius 1 is 0.268 bits per heavy atom. The molecule has 0 amide bonds. The molecule has 0 bridgehead atoms. The van der Waals surface area contributed by atoms with Crippen molar-refractivity contribution in [3.63, 3.8) is 0 Å². The van der Waals surface area contributed by atoms with Gasteiger partial charge in [-0.15, -0.1) is 0 Å². The predicted molar refractivity (Wildman–Crippen MR) is 177 cm³/mol. The molecule has 0 heteroatoms. The van der Waals surface area contributed by atoms with Gasteiger partial charge in [0.2, 0.25) is 0 Å². The molecule has 0 spiro atoms. The first-order valence-electron chi connectivity index (χ1n) is 14.3. The molecule has 0 N–H and O–H groups in total. The van der Waals surface area contributed by atoms with Gasteiger partial charge in [-0.2, -0.15) is 0 Å². The lowest BCUT2D eigenvalue weighted by molar-refractivity contribution is 1.20. The molecule has 192 valence electrons. The summed E-state index contributed by atoms with van der Waals surface area (Å²) in [7, 11) is 0. The van der Waals surface area contributed by atoms with Crippen LogP contribution in [0.2, 0.25) is 0 Å². The summed E-state index contributed by atoms with van der Waals surface area (Å²) in [6.07, 6.45) is 0.856. The van der Waals surface area contributed by atoms with Crippen molar-refractivity contribution in [2.24, 2.45) is 0 Å². The highest BCUT2D eigenvalue weighted by Crippen LogP contribution is 2.40. The maximum absolute atomic E-state index is 2.37. The first kappa shape index (κ1) is 23.7. The second kappa shape index (κ2) is 9.77. The number of hydrogen-bond donors (Lipinski definition) is 0. The van der Waals surface area contributed by atoms with Gasteiger partial charge in [-0.3, -0.25) is 0 Å². The Balaban J connectivity index is 1.32. The first-order valence-corrected chi connectivity index (χ1v) is 14.3. The molecular weight excluding hydrogens is 492 g/mol. The number of benzene rings is 8. The molecule has 0 atom stereocenters. The summed E-state index contributed by atoms with van der Waals surface area (Å²) in [5.41, 5.74) is 7.86. The molecule has 0 unspecified atom stereocenters. The highest BCUT2D eigenvalue weighted by atomic mass is 14.2. The maximum Gasteiger partial charge on any atom is -0.00135 e. The average Bonchev–Trinajstić information content (AvgIpc) is 3.05. The van der Waals surface area contributed by atoms with Gasteiger partial charge in [0, 0.05) is 0 Å². The van der Waals surface area contributed by atoms with E-state index < -0.39 is 0 Å². The number of rotatable bonds is 4. The number of fused-ring (bicyclic) bond motifs is 6. The van der Waals surface area contributed by atoms with E-state index in [2.05, 4.69) is 158 Å². The van der Waals surface area contributed by atoms with E-state index in [-0.39, 0.29) is 0 Å². The maximum atomic E-state index is 2.37. The van der Waals surface area contributed by atoms with Crippen LogP contribution in [0.5, 0.6) is 0 Å². The Morgan fingerprint density at radius 3 is 1.07 bits per heavy atom. The van der Waals surface area contributed by atoms with E-state index in [4.69, 9.17) is 0 Å². The average molecular weight is 521 g/mol. The van der Waals surface area contributed by atoms with E-state index >= 15 is 0 Å². The van der Waals surface area contributed by atoms with E-state index in [1.807, 2.05) is 0 Å². The minimum Gasteiger partial charge on any atom is -0.0619 e. The van der Waals surface area contributed by atoms with Crippen LogP contribution in [0.4, 0.5) is 0 Å². The van der Waals surface area contributed by atoms with Gasteiger partial charge in [0.1, 0.15) is 0 Å². The minimum atomic E-state index is 0.856. The minimum absolute atomic E-state index is 0.856. The molecule has 0 aromatic heterocycles. The third-order valence-electron chi connectivity index (χ3n) is 8.53. The Morgan fingerprint density at radius 2 is 0.610 bits per heavy atom. The van der Waals surface area contributed by atoms with E-state index in [0.717, 1.165) is 6.42 Å². The molecule has 0 aliphatic carbocycles. The summed E-state index contributed by atoms with van der Waals surface area (Å²) >= 11 is 0. The molecule has 8 rings (SSSR count). The summed E-state index contributed by atoms with van der Waals surface area (Å²) in [6, 6.07) is 57.7. The molecule has 0 fully saturated rings. The van der Waals surface area contributed by atoms with Crippen molar-refractivity contribution in [3.05, 3.63) is 169 Å². The highest BCUT2D eigenvalue weighted by molar-refractivity contribution is 6.15. The lowest BCUT2D eigenvalue weighted by Crippen LogP contribution is -1.96. The van der Waals surface area contributed by atoms with Crippen molar-refractivity contribution >= 4 is 43.1 Å². The Kier molecular flexibility index (Phi) is 5.64. The van der Waals surface area contributed by atoms with Crippen molar-refractivity contribution in [1.29, 1.82) is 0 Å². The molecule has 0 aliphatic rings. The van der Waals surface area contributed by atoms with Gasteiger partial charge in [0.25, 0.3) is 0 Å². The summed E-state index contributed by atoms with van der Waals surface area (Å²) in [5, 5.41) is 10.4. The largest absolute Gasteiger partial charge is 0.0619 e. The molecule has 0 saturated heterocycles. The first-order chi connectivity index (χ1) is 20.3. The molecule has 8 aromatic carbocycles. The van der Waals surface area contributed by atoms with E-state index in [1.54, 1.807) is 0 Å². The summed E-state index contributed by atoms with van der Waals surface area (Å²) in [6.45, 7) is 0. The molecule has 0 heterocycles. The standard InChI is InChI=1S/C41H28/c1-7-19-34(40-26-30-15-3-5-17-32(30)36-21-9-11-23-38(36)40)28(13-1)25-29-14-2-8-20-35(29)41-27-31-16-4-6-18-33(31)37-22-10-12-24-39(37)41/h1-24,26-27H,25H2. The van der Waals surface area contributed by atoms with Crippen molar-refractivity contribution in [2.45, 2.75) is 6.42 Å². The zero-order valence-corrected chi connectivity index (χ0v) is 22.7. The molecule has 0 aliphatic heterocycles. The summed E-state index contributed by atoms with van der Waals surface area (Å²) in [4.78, 5) is 0. The van der Waals surface area contributed by atoms with Crippen LogP contribution in [-0.2, 0) is 6.42 Å². The Hall–Kier alpha value is -5.20. The Bertz CT molecular complexity index is 2070. The number of hydrogen-bond acceptors (Lipinski definition) is 0. The van der Waals surface area contributed by atoms with E-state index in [1.165, 1.54) is 76.5 Å². The van der Waals surface area contributed by atoms with Crippen LogP contribution in [0.15, 0.2) is 158 Å². The van der Waals surface area contributed by atoms with Crippen molar-refractivity contribution in [1.82, 2.24) is 0 Å². The van der Waals surface area contributed by atoms with Crippen LogP contribution >= 0.6 is 0 Å². The van der Waals surface area contributed by atoms with Gasteiger partial charge in [0.15, 0.2) is 0 Å². The fourth-order valence-electron chi connectivity index (χ4n) is 6.63. The monoisotopic (exact) mass is 520 g/mol. The lowest BCUT2D eigenvalue weighted by atomic mass is 9.86. The van der Waals surface area contributed by atoms with Gasteiger partial charge < -0.3 is 0 Å². The van der Waals surface area contributed by atoms with Gasteiger partial charge in [0.05, 0.1) is 0 Å². The van der Waals surface area contributed by atoms with Gasteiger partial charge >= 0.3 is 0 Å². The van der Waals surface area contributed by atoms with Crippen LogP contribution in [0, 0.1) is 0 Å². The van der Waals surface area contributed by atoms with Gasteiger partial charge in [-0.1, -0.05) is 146 Å². The fraction of sp³-hybridized carbons (Fsp3) is 0.0244. The molecule has 0 radical (unpaired) electrons. The Labute approximate surface area is 240 Å². The lowest BCUT2D eigenvalue weighted by Gasteiger charge is -2.17. The van der Waals surface area contributed by atoms with Crippen LogP contribution < -0.4 is 0 Å². The van der Waals surface area contributed by atoms with Gasteiger partial charge in [-0.25, -0.2) is 0 Å². The van der Waals surface area contributed by atoms with Crippen molar-refractivity contribution < 1.29 is 0 Å². The van der Waals surface area contributed by atoms with Crippen LogP contribution in [-0.4, -0.2) is 0 Å². The second-order valence-electron chi connectivity index (χ2n) is 10.9. The highest BCUT2D eigenvalue weighted by Gasteiger charge is 2.15. The molecular formula is C41H28. The van der Waals surface area contributed by atoms with Crippen molar-refractivity contribution in [3.8, 4) is 22.3 Å². The second-order valence-corrected chi connectivity index (χ2v) is 10.9. The SMILES string of the molecule is c1ccc(-c2cc3ccccc3c3ccccc23)c(Cc2ccccc2-c2cc3ccccc3c3ccccc23)c1. The normalized spacial score (nSPS) is 11.5. The molecule has 8 aromatic rings. The topological polar surface area (TPSA) is 0 Å². The molecule has 0 nitrogen and oxygen atoms in total.